The molecule has 2 atom stereocenters. The molecule has 2 nitrogen and oxygen atoms in total. The van der Waals surface area contributed by atoms with Gasteiger partial charge in [-0.05, 0) is 43.4 Å². The fourth-order valence-electron chi connectivity index (χ4n) is 4.30. The number of nitrogens with one attached hydrogen (secondary N) is 1. The van der Waals surface area contributed by atoms with Crippen LogP contribution < -0.4 is 5.32 Å². The van der Waals surface area contributed by atoms with Crippen molar-refractivity contribution in [1.82, 2.24) is 5.32 Å². The first-order chi connectivity index (χ1) is 11.1. The van der Waals surface area contributed by atoms with E-state index in [4.69, 9.17) is 23.2 Å². The second-order valence-corrected chi connectivity index (χ2v) is 8.12. The van der Waals surface area contributed by atoms with Gasteiger partial charge < -0.3 is 10.4 Å². The smallest absolute Gasteiger partial charge is 0.0693 e. The summed E-state index contributed by atoms with van der Waals surface area (Å²) in [7, 11) is 0. The van der Waals surface area contributed by atoms with Gasteiger partial charge >= 0.3 is 0 Å². The molecule has 0 radical (unpaired) electrons. The summed E-state index contributed by atoms with van der Waals surface area (Å²) in [6, 6.07) is 6.35. The molecule has 23 heavy (non-hydrogen) atoms. The van der Waals surface area contributed by atoms with Crippen molar-refractivity contribution in [2.24, 2.45) is 0 Å². The zero-order chi connectivity index (χ0) is 16.3. The summed E-state index contributed by atoms with van der Waals surface area (Å²) in [4.78, 5) is 0. The molecule has 2 unspecified atom stereocenters. The topological polar surface area (TPSA) is 32.3 Å². The predicted octanol–water partition coefficient (Wildman–Crippen LogP) is 5.09. The molecule has 2 fully saturated rings. The van der Waals surface area contributed by atoms with Gasteiger partial charge in [0.2, 0.25) is 0 Å². The van der Waals surface area contributed by atoms with E-state index >= 15 is 0 Å². The summed E-state index contributed by atoms with van der Waals surface area (Å²) >= 11 is 12.4. The average molecular weight is 356 g/mol. The Balaban J connectivity index is 1.77. The van der Waals surface area contributed by atoms with E-state index in [1.54, 1.807) is 0 Å². The second kappa shape index (κ2) is 7.74. The van der Waals surface area contributed by atoms with E-state index in [1.807, 2.05) is 12.1 Å². The van der Waals surface area contributed by atoms with Gasteiger partial charge in [0.15, 0.2) is 0 Å². The normalized spacial score (nSPS) is 27.8. The Morgan fingerprint density at radius 3 is 2.43 bits per heavy atom. The molecule has 2 aliphatic rings. The fourth-order valence-corrected chi connectivity index (χ4v) is 4.60. The number of rotatable bonds is 4. The maximum atomic E-state index is 10.2. The Kier molecular flexibility index (Phi) is 5.90. The highest BCUT2D eigenvalue weighted by molar-refractivity contribution is 6.42. The molecule has 0 saturated heterocycles. The molecule has 1 aromatic carbocycles. The van der Waals surface area contributed by atoms with Gasteiger partial charge in [0, 0.05) is 18.0 Å². The molecular weight excluding hydrogens is 329 g/mol. The first-order valence-electron chi connectivity index (χ1n) is 8.98. The summed E-state index contributed by atoms with van der Waals surface area (Å²) in [6.45, 7) is 0.923. The summed E-state index contributed by atoms with van der Waals surface area (Å²) in [6.07, 6.45) is 10.4. The van der Waals surface area contributed by atoms with Crippen LogP contribution in [0.2, 0.25) is 10.0 Å². The number of aliphatic hydroxyl groups is 1. The Bertz CT molecular complexity index is 528. The first kappa shape index (κ1) is 17.5. The van der Waals surface area contributed by atoms with Crippen LogP contribution in [0.15, 0.2) is 18.2 Å². The van der Waals surface area contributed by atoms with E-state index in [2.05, 4.69) is 11.4 Å². The van der Waals surface area contributed by atoms with Crippen LogP contribution >= 0.6 is 23.2 Å². The Morgan fingerprint density at radius 2 is 1.74 bits per heavy atom. The maximum Gasteiger partial charge on any atom is 0.0693 e. The highest BCUT2D eigenvalue weighted by atomic mass is 35.5. The molecule has 0 aromatic heterocycles. The molecular formula is C19H27Cl2NO. The van der Waals surface area contributed by atoms with Gasteiger partial charge in [-0.1, -0.05) is 61.4 Å². The van der Waals surface area contributed by atoms with Gasteiger partial charge in [0.25, 0.3) is 0 Å². The molecule has 2 aliphatic carbocycles. The molecule has 3 rings (SSSR count). The Morgan fingerprint density at radius 1 is 1.00 bits per heavy atom. The standard InChI is InChI=1S/C19H27Cl2NO/c20-15-9-8-14(12-16(15)21)19(10-4-1-5-11-19)13-22-17-6-2-3-7-18(17)23/h8-9,12,17-18,22-23H,1-7,10-11,13H2. The lowest BCUT2D eigenvalue weighted by molar-refractivity contribution is 0.0853. The molecule has 128 valence electrons. The van der Waals surface area contributed by atoms with E-state index in [-0.39, 0.29) is 17.6 Å². The Hall–Kier alpha value is -0.280. The monoisotopic (exact) mass is 355 g/mol. The van der Waals surface area contributed by atoms with Crippen molar-refractivity contribution in [1.29, 1.82) is 0 Å². The number of hydrogen-bond donors (Lipinski definition) is 2. The lowest BCUT2D eigenvalue weighted by atomic mass is 9.69. The van der Waals surface area contributed by atoms with Crippen LogP contribution in [0.3, 0.4) is 0 Å². The molecule has 0 amide bonds. The van der Waals surface area contributed by atoms with Gasteiger partial charge in [0.05, 0.1) is 16.1 Å². The number of aliphatic hydroxyl groups excluding tert-OH is 1. The van der Waals surface area contributed by atoms with Crippen LogP contribution in [0.25, 0.3) is 0 Å². The Labute approximate surface area is 149 Å². The van der Waals surface area contributed by atoms with Crippen molar-refractivity contribution in [3.05, 3.63) is 33.8 Å². The lowest BCUT2D eigenvalue weighted by Crippen LogP contribution is -2.49. The van der Waals surface area contributed by atoms with Crippen molar-refractivity contribution in [3.63, 3.8) is 0 Å². The SMILES string of the molecule is OC1CCCCC1NCC1(c2ccc(Cl)c(Cl)c2)CCCCC1. The van der Waals surface area contributed by atoms with Crippen LogP contribution in [0.1, 0.15) is 63.4 Å². The van der Waals surface area contributed by atoms with E-state index < -0.39 is 0 Å². The van der Waals surface area contributed by atoms with Gasteiger partial charge in [-0.15, -0.1) is 0 Å². The highest BCUT2D eigenvalue weighted by Crippen LogP contribution is 2.41. The average Bonchev–Trinajstić information content (AvgIpc) is 2.57. The summed E-state index contributed by atoms with van der Waals surface area (Å²) in [5, 5.41) is 15.2. The molecule has 2 saturated carbocycles. The minimum absolute atomic E-state index is 0.129. The van der Waals surface area contributed by atoms with Crippen LogP contribution in [0.4, 0.5) is 0 Å². The minimum atomic E-state index is -0.196. The van der Waals surface area contributed by atoms with Crippen LogP contribution in [0.5, 0.6) is 0 Å². The third-order valence-corrected chi connectivity index (χ3v) is 6.51. The van der Waals surface area contributed by atoms with Gasteiger partial charge in [-0.3, -0.25) is 0 Å². The van der Waals surface area contributed by atoms with Crippen molar-refractivity contribution >= 4 is 23.2 Å². The fraction of sp³-hybridized carbons (Fsp3) is 0.684. The first-order valence-corrected chi connectivity index (χ1v) is 9.73. The quantitative estimate of drug-likeness (QED) is 0.788. The molecule has 0 aliphatic heterocycles. The molecule has 0 spiro atoms. The van der Waals surface area contributed by atoms with E-state index in [0.29, 0.717) is 10.0 Å². The summed E-state index contributed by atoms with van der Waals surface area (Å²) in [5.41, 5.74) is 1.42. The van der Waals surface area contributed by atoms with Crippen LogP contribution in [-0.2, 0) is 5.41 Å². The number of halogens is 2. The lowest BCUT2D eigenvalue weighted by Gasteiger charge is -2.40. The zero-order valence-electron chi connectivity index (χ0n) is 13.7. The van der Waals surface area contributed by atoms with Crippen LogP contribution in [0, 0.1) is 0 Å². The predicted molar refractivity (Wildman–Crippen MR) is 97.5 cm³/mol. The second-order valence-electron chi connectivity index (χ2n) is 7.31. The largest absolute Gasteiger partial charge is 0.392 e. The minimum Gasteiger partial charge on any atom is -0.392 e. The van der Waals surface area contributed by atoms with Crippen LogP contribution in [-0.4, -0.2) is 23.8 Å². The van der Waals surface area contributed by atoms with E-state index in [1.165, 1.54) is 44.1 Å². The zero-order valence-corrected chi connectivity index (χ0v) is 15.2. The van der Waals surface area contributed by atoms with Gasteiger partial charge in [-0.25, -0.2) is 0 Å². The van der Waals surface area contributed by atoms with Gasteiger partial charge in [-0.2, -0.15) is 0 Å². The third-order valence-electron chi connectivity index (χ3n) is 5.77. The number of benzene rings is 1. The van der Waals surface area contributed by atoms with Gasteiger partial charge in [0.1, 0.15) is 0 Å². The summed E-state index contributed by atoms with van der Waals surface area (Å²) < 4.78 is 0. The third kappa shape index (κ3) is 4.04. The molecule has 0 heterocycles. The van der Waals surface area contributed by atoms with Crippen molar-refractivity contribution in [2.45, 2.75) is 75.3 Å². The molecule has 1 aromatic rings. The van der Waals surface area contributed by atoms with Crippen molar-refractivity contribution < 1.29 is 5.11 Å². The van der Waals surface area contributed by atoms with E-state index in [0.717, 1.165) is 25.8 Å². The molecule has 2 N–H and O–H groups in total. The highest BCUT2D eigenvalue weighted by Gasteiger charge is 2.35. The molecule has 0 bridgehead atoms. The summed E-state index contributed by atoms with van der Waals surface area (Å²) in [5.74, 6) is 0. The maximum absolute atomic E-state index is 10.2. The number of hydrogen-bond acceptors (Lipinski definition) is 2. The van der Waals surface area contributed by atoms with Crippen molar-refractivity contribution in [3.8, 4) is 0 Å². The van der Waals surface area contributed by atoms with Crippen molar-refractivity contribution in [2.75, 3.05) is 6.54 Å². The van der Waals surface area contributed by atoms with E-state index in [9.17, 15) is 5.11 Å². The molecule has 4 heteroatoms.